The molecule has 1 aromatic carbocycles. The highest BCUT2D eigenvalue weighted by molar-refractivity contribution is 5.73. The Morgan fingerprint density at radius 3 is 2.67 bits per heavy atom. The number of carbonyl (C=O) groups is 1. The molecule has 0 heterocycles. The van der Waals surface area contributed by atoms with Crippen molar-refractivity contribution in [2.24, 2.45) is 11.8 Å². The van der Waals surface area contributed by atoms with Crippen molar-refractivity contribution in [3.8, 4) is 0 Å². The third-order valence-electron chi connectivity index (χ3n) is 2.72. The SMILES string of the molecule is O=C(O)C1CC1Cc1ccc(F)c(F)c1. The first-order valence-electron chi connectivity index (χ1n) is 4.74. The Bertz CT molecular complexity index is 404. The van der Waals surface area contributed by atoms with Gasteiger partial charge in [0.05, 0.1) is 5.92 Å². The molecule has 2 unspecified atom stereocenters. The summed E-state index contributed by atoms with van der Waals surface area (Å²) in [5, 5.41) is 8.67. The minimum absolute atomic E-state index is 0.0763. The van der Waals surface area contributed by atoms with E-state index in [4.69, 9.17) is 5.11 Å². The van der Waals surface area contributed by atoms with E-state index in [9.17, 15) is 13.6 Å². The van der Waals surface area contributed by atoms with E-state index in [-0.39, 0.29) is 11.8 Å². The molecular weight excluding hydrogens is 202 g/mol. The summed E-state index contributed by atoms with van der Waals surface area (Å²) in [5.74, 6) is -2.78. The fraction of sp³-hybridized carbons (Fsp3) is 0.364. The van der Waals surface area contributed by atoms with Crippen LogP contribution in [0.3, 0.4) is 0 Å². The van der Waals surface area contributed by atoms with E-state index in [0.29, 0.717) is 18.4 Å². The third kappa shape index (κ3) is 2.14. The Labute approximate surface area is 85.5 Å². The van der Waals surface area contributed by atoms with E-state index in [1.165, 1.54) is 6.07 Å². The average Bonchev–Trinajstić information content (AvgIpc) is 2.91. The van der Waals surface area contributed by atoms with Gasteiger partial charge in [0.25, 0.3) is 0 Å². The number of rotatable bonds is 3. The second-order valence-electron chi connectivity index (χ2n) is 3.89. The zero-order valence-electron chi connectivity index (χ0n) is 7.91. The minimum Gasteiger partial charge on any atom is -0.481 e. The Kier molecular flexibility index (Phi) is 2.42. The maximum atomic E-state index is 12.8. The number of aliphatic carboxylic acids is 1. The molecule has 80 valence electrons. The van der Waals surface area contributed by atoms with Gasteiger partial charge in [-0.3, -0.25) is 4.79 Å². The zero-order valence-corrected chi connectivity index (χ0v) is 7.91. The normalized spacial score (nSPS) is 23.9. The molecule has 1 aliphatic rings. The zero-order chi connectivity index (χ0) is 11.0. The summed E-state index contributed by atoms with van der Waals surface area (Å²) in [4.78, 5) is 10.5. The molecule has 2 nitrogen and oxygen atoms in total. The van der Waals surface area contributed by atoms with Crippen LogP contribution >= 0.6 is 0 Å². The Morgan fingerprint density at radius 1 is 1.40 bits per heavy atom. The average molecular weight is 212 g/mol. The summed E-state index contributed by atoms with van der Waals surface area (Å²) >= 11 is 0. The van der Waals surface area contributed by atoms with Gasteiger partial charge in [0.15, 0.2) is 11.6 Å². The molecule has 0 amide bonds. The van der Waals surface area contributed by atoms with E-state index >= 15 is 0 Å². The summed E-state index contributed by atoms with van der Waals surface area (Å²) in [5.41, 5.74) is 0.655. The van der Waals surface area contributed by atoms with Crippen LogP contribution in [0.1, 0.15) is 12.0 Å². The van der Waals surface area contributed by atoms with Gasteiger partial charge >= 0.3 is 5.97 Å². The maximum Gasteiger partial charge on any atom is 0.306 e. The van der Waals surface area contributed by atoms with Gasteiger partial charge in [-0.15, -0.1) is 0 Å². The van der Waals surface area contributed by atoms with Crippen molar-refractivity contribution in [3.05, 3.63) is 35.4 Å². The first kappa shape index (κ1) is 10.1. The highest BCUT2D eigenvalue weighted by atomic mass is 19.2. The molecule has 2 atom stereocenters. The molecule has 1 fully saturated rings. The van der Waals surface area contributed by atoms with Gasteiger partial charge in [0.1, 0.15) is 0 Å². The summed E-state index contributed by atoms with van der Waals surface area (Å²) in [6, 6.07) is 3.70. The second kappa shape index (κ2) is 3.61. The van der Waals surface area contributed by atoms with Crippen molar-refractivity contribution in [3.63, 3.8) is 0 Å². The fourth-order valence-corrected chi connectivity index (χ4v) is 1.74. The fourth-order valence-electron chi connectivity index (χ4n) is 1.74. The van der Waals surface area contributed by atoms with Gasteiger partial charge in [0.2, 0.25) is 0 Å². The number of benzene rings is 1. The van der Waals surface area contributed by atoms with Crippen molar-refractivity contribution in [2.75, 3.05) is 0 Å². The number of hydrogen-bond acceptors (Lipinski definition) is 1. The molecule has 1 N–H and O–H groups in total. The van der Waals surface area contributed by atoms with Crippen LogP contribution in [0, 0.1) is 23.5 Å². The molecule has 0 radical (unpaired) electrons. The molecular formula is C11H10F2O2. The molecule has 0 aliphatic heterocycles. The first-order valence-corrected chi connectivity index (χ1v) is 4.74. The maximum absolute atomic E-state index is 12.8. The topological polar surface area (TPSA) is 37.3 Å². The van der Waals surface area contributed by atoms with Crippen LogP contribution in [0.4, 0.5) is 8.78 Å². The molecule has 15 heavy (non-hydrogen) atoms. The van der Waals surface area contributed by atoms with Crippen molar-refractivity contribution in [1.29, 1.82) is 0 Å². The van der Waals surface area contributed by atoms with Gasteiger partial charge in [-0.05, 0) is 36.5 Å². The van der Waals surface area contributed by atoms with Crippen LogP contribution in [-0.4, -0.2) is 11.1 Å². The van der Waals surface area contributed by atoms with Crippen LogP contribution in [0.5, 0.6) is 0 Å². The predicted molar refractivity (Wildman–Crippen MR) is 49.3 cm³/mol. The van der Waals surface area contributed by atoms with E-state index in [0.717, 1.165) is 12.1 Å². The van der Waals surface area contributed by atoms with Gasteiger partial charge in [0, 0.05) is 0 Å². The van der Waals surface area contributed by atoms with Crippen LogP contribution in [0.15, 0.2) is 18.2 Å². The Morgan fingerprint density at radius 2 is 2.13 bits per heavy atom. The molecule has 0 spiro atoms. The highest BCUT2D eigenvalue weighted by Crippen LogP contribution is 2.41. The van der Waals surface area contributed by atoms with E-state index in [1.54, 1.807) is 0 Å². The molecule has 1 saturated carbocycles. The number of carboxylic acid groups (broad SMARTS) is 1. The van der Waals surface area contributed by atoms with Gasteiger partial charge < -0.3 is 5.11 Å². The summed E-state index contributed by atoms with van der Waals surface area (Å²) in [7, 11) is 0. The molecule has 0 bridgehead atoms. The van der Waals surface area contributed by atoms with Crippen LogP contribution in [-0.2, 0) is 11.2 Å². The number of carboxylic acids is 1. The standard InChI is InChI=1S/C11H10F2O2/c12-9-2-1-6(4-10(9)13)3-7-5-8(7)11(14)15/h1-2,4,7-8H,3,5H2,(H,14,15). The molecule has 0 saturated heterocycles. The Balaban J connectivity index is 2.01. The van der Waals surface area contributed by atoms with E-state index < -0.39 is 17.6 Å². The lowest BCUT2D eigenvalue weighted by molar-refractivity contribution is -0.138. The molecule has 0 aromatic heterocycles. The smallest absolute Gasteiger partial charge is 0.306 e. The monoisotopic (exact) mass is 212 g/mol. The van der Waals surface area contributed by atoms with Crippen molar-refractivity contribution in [1.82, 2.24) is 0 Å². The van der Waals surface area contributed by atoms with Crippen molar-refractivity contribution >= 4 is 5.97 Å². The van der Waals surface area contributed by atoms with Crippen LogP contribution in [0.25, 0.3) is 0 Å². The first-order chi connectivity index (χ1) is 7.08. The third-order valence-corrected chi connectivity index (χ3v) is 2.72. The summed E-state index contributed by atoms with van der Waals surface area (Å²) < 4.78 is 25.4. The molecule has 1 aliphatic carbocycles. The lowest BCUT2D eigenvalue weighted by Gasteiger charge is -2.00. The number of halogens is 2. The largest absolute Gasteiger partial charge is 0.481 e. The number of hydrogen-bond donors (Lipinski definition) is 1. The van der Waals surface area contributed by atoms with Crippen molar-refractivity contribution < 1.29 is 18.7 Å². The molecule has 4 heteroatoms. The Hall–Kier alpha value is -1.45. The lowest BCUT2D eigenvalue weighted by Crippen LogP contribution is -2.01. The quantitative estimate of drug-likeness (QED) is 0.834. The van der Waals surface area contributed by atoms with Crippen LogP contribution < -0.4 is 0 Å². The van der Waals surface area contributed by atoms with Crippen molar-refractivity contribution in [2.45, 2.75) is 12.8 Å². The van der Waals surface area contributed by atoms with E-state index in [2.05, 4.69) is 0 Å². The van der Waals surface area contributed by atoms with Gasteiger partial charge in [-0.2, -0.15) is 0 Å². The van der Waals surface area contributed by atoms with Gasteiger partial charge in [-0.25, -0.2) is 8.78 Å². The molecule has 1 aromatic rings. The minimum atomic E-state index is -0.875. The highest BCUT2D eigenvalue weighted by Gasteiger charge is 2.42. The molecule has 2 rings (SSSR count). The van der Waals surface area contributed by atoms with Gasteiger partial charge in [-0.1, -0.05) is 6.07 Å². The summed E-state index contributed by atoms with van der Waals surface area (Å²) in [6.45, 7) is 0. The van der Waals surface area contributed by atoms with Crippen LogP contribution in [0.2, 0.25) is 0 Å². The summed E-state index contributed by atoms with van der Waals surface area (Å²) in [6.07, 6.45) is 1.14. The van der Waals surface area contributed by atoms with E-state index in [1.807, 2.05) is 0 Å². The predicted octanol–water partition coefficient (Wildman–Crippen LogP) is 2.23. The second-order valence-corrected chi connectivity index (χ2v) is 3.89. The lowest BCUT2D eigenvalue weighted by atomic mass is 10.1.